The molecule has 8 aromatic rings. The van der Waals surface area contributed by atoms with Crippen LogP contribution in [0.25, 0.3) is 55.1 Å². The lowest BCUT2D eigenvalue weighted by molar-refractivity contribution is 0.696. The van der Waals surface area contributed by atoms with Crippen molar-refractivity contribution in [1.29, 1.82) is 5.41 Å². The summed E-state index contributed by atoms with van der Waals surface area (Å²) in [6.45, 7) is 2.63. The maximum Gasteiger partial charge on any atom is 0.122 e. The number of aromatic nitrogens is 2. The lowest BCUT2D eigenvalue weighted by Gasteiger charge is -2.22. The molecule has 6 N–H and O–H groups in total. The van der Waals surface area contributed by atoms with Crippen LogP contribution in [0.4, 0.5) is 0 Å². The molecule has 1 unspecified atom stereocenters. The number of nitrogens with two attached hydrogens (primary N) is 2. The monoisotopic (exact) mass is 652 g/mol. The van der Waals surface area contributed by atoms with Gasteiger partial charge in [-0.3, -0.25) is 9.98 Å². The molecular weight excluding hydrogens is 613 g/mol. The van der Waals surface area contributed by atoms with E-state index in [1.54, 1.807) is 0 Å². The van der Waals surface area contributed by atoms with Crippen molar-refractivity contribution in [3.63, 3.8) is 0 Å². The Balaban J connectivity index is 0.000000202. The van der Waals surface area contributed by atoms with E-state index in [4.69, 9.17) is 16.9 Å². The van der Waals surface area contributed by atoms with E-state index in [-0.39, 0.29) is 11.9 Å². The fraction of sp³-hybridized carbons (Fsp3) is 0.0682. The summed E-state index contributed by atoms with van der Waals surface area (Å²) in [6.07, 6.45) is 6.37. The number of hydrogen-bond acceptors (Lipinski definition) is 3. The van der Waals surface area contributed by atoms with E-state index in [0.29, 0.717) is 6.54 Å². The largest absolute Gasteiger partial charge is 0.384 e. The minimum absolute atomic E-state index is 0.112. The normalized spacial score (nSPS) is 13.6. The molecule has 50 heavy (non-hydrogen) atoms. The first kappa shape index (κ1) is 32.2. The Morgan fingerprint density at radius 3 is 1.82 bits per heavy atom. The molecule has 0 bridgehead atoms. The van der Waals surface area contributed by atoms with Crippen LogP contribution < -0.4 is 16.8 Å². The molecule has 9 rings (SSSR count). The van der Waals surface area contributed by atoms with Crippen molar-refractivity contribution < 1.29 is 0 Å². The van der Waals surface area contributed by atoms with Crippen molar-refractivity contribution in [2.75, 3.05) is 6.54 Å². The highest BCUT2D eigenvalue weighted by Crippen LogP contribution is 2.41. The van der Waals surface area contributed by atoms with Gasteiger partial charge in [0.2, 0.25) is 0 Å². The molecule has 6 nitrogen and oxygen atoms in total. The van der Waals surface area contributed by atoms with Crippen molar-refractivity contribution in [3.05, 3.63) is 181 Å². The van der Waals surface area contributed by atoms with Crippen molar-refractivity contribution in [2.24, 2.45) is 11.5 Å². The Labute approximate surface area is 292 Å². The third-order valence-corrected chi connectivity index (χ3v) is 8.94. The Hall–Kier alpha value is -6.37. The number of para-hydroxylation sites is 3. The van der Waals surface area contributed by atoms with Crippen LogP contribution in [0, 0.1) is 12.3 Å². The van der Waals surface area contributed by atoms with Crippen LogP contribution in [0.1, 0.15) is 11.1 Å². The van der Waals surface area contributed by atoms with Crippen LogP contribution in [-0.2, 0) is 0 Å². The van der Waals surface area contributed by atoms with Crippen LogP contribution in [-0.4, -0.2) is 27.6 Å². The Bertz CT molecular complexity index is 2470. The smallest absolute Gasteiger partial charge is 0.122 e. The highest BCUT2D eigenvalue weighted by atomic mass is 15.2. The third kappa shape index (κ3) is 6.28. The highest BCUT2D eigenvalue weighted by Gasteiger charge is 2.22. The summed E-state index contributed by atoms with van der Waals surface area (Å²) < 4.78 is 4.75. The number of nitrogen functional groups attached to an aromatic ring is 1. The molecule has 1 atom stereocenters. The second-order valence-electron chi connectivity index (χ2n) is 12.3. The highest BCUT2D eigenvalue weighted by molar-refractivity contribution is 6.26. The van der Waals surface area contributed by atoms with E-state index in [1.807, 2.05) is 48.5 Å². The predicted molar refractivity (Wildman–Crippen MR) is 212 cm³/mol. The summed E-state index contributed by atoms with van der Waals surface area (Å²) in [5, 5.41) is 15.7. The van der Waals surface area contributed by atoms with Gasteiger partial charge in [0, 0.05) is 39.3 Å². The number of fused-ring (bicyclic) bond motifs is 7. The number of nitrogens with zero attached hydrogens (tertiary/aromatic N) is 2. The van der Waals surface area contributed by atoms with E-state index in [2.05, 4.69) is 143 Å². The van der Waals surface area contributed by atoms with Gasteiger partial charge in [0.25, 0.3) is 0 Å². The quantitative estimate of drug-likeness (QED) is 0.113. The Morgan fingerprint density at radius 2 is 1.22 bits per heavy atom. The van der Waals surface area contributed by atoms with Crippen LogP contribution in [0.3, 0.4) is 0 Å². The minimum Gasteiger partial charge on any atom is -0.384 e. The molecule has 6 aromatic carbocycles. The van der Waals surface area contributed by atoms with Crippen LogP contribution in [0.5, 0.6) is 0 Å². The number of aryl methyl sites for hydroxylation is 1. The van der Waals surface area contributed by atoms with Crippen LogP contribution >= 0.6 is 0 Å². The Morgan fingerprint density at radius 1 is 0.640 bits per heavy atom. The number of dihydropyridines is 1. The number of amidine groups is 1. The van der Waals surface area contributed by atoms with E-state index >= 15 is 0 Å². The fourth-order valence-corrected chi connectivity index (χ4v) is 6.61. The average molecular weight is 653 g/mol. The standard InChI is InChI=1S/C30H24N4.C7H8N2.C7H8/c31-19-20-9-8-16-28(32-20)34-25-14-6-4-12-22(25)23-17-18-27-29(30(23)34)24-13-5-7-15-26(24)33(27)21-10-2-1-3-11-21;8-7(9)6-4-2-1-3-5-6;1-7-5-3-2-4-6-7/h1-18,20,32H,19,31H2;1-5H,(H3,8,9);2-6H,1H3. The number of nitrogens with one attached hydrogen (secondary N) is 2. The summed E-state index contributed by atoms with van der Waals surface area (Å²) >= 11 is 0. The topological polar surface area (TPSA) is 97.8 Å². The van der Waals surface area contributed by atoms with Crippen molar-refractivity contribution in [3.8, 4) is 5.69 Å². The number of allylic oxidation sites excluding steroid dienone is 2. The minimum atomic E-state index is 0.112. The lowest BCUT2D eigenvalue weighted by Crippen LogP contribution is -2.36. The summed E-state index contributed by atoms with van der Waals surface area (Å²) in [5.74, 6) is 1.17. The molecule has 2 aromatic heterocycles. The molecule has 1 aliphatic heterocycles. The van der Waals surface area contributed by atoms with E-state index in [9.17, 15) is 0 Å². The molecule has 0 spiro atoms. The zero-order valence-corrected chi connectivity index (χ0v) is 28.0. The van der Waals surface area contributed by atoms with E-state index in [0.717, 1.165) is 17.1 Å². The lowest BCUT2D eigenvalue weighted by atomic mass is 10.1. The molecule has 0 saturated heterocycles. The summed E-state index contributed by atoms with van der Waals surface area (Å²) in [4.78, 5) is 0. The first-order valence-electron chi connectivity index (χ1n) is 16.8. The van der Waals surface area contributed by atoms with Crippen molar-refractivity contribution in [1.82, 2.24) is 14.5 Å². The van der Waals surface area contributed by atoms with Crippen molar-refractivity contribution in [2.45, 2.75) is 13.0 Å². The maximum atomic E-state index is 7.01. The molecule has 0 radical (unpaired) electrons. The molecule has 1 aliphatic rings. The van der Waals surface area contributed by atoms with Gasteiger partial charge in [0.05, 0.1) is 28.1 Å². The molecular formula is C44H40N6. The maximum absolute atomic E-state index is 7.01. The molecule has 0 aliphatic carbocycles. The van der Waals surface area contributed by atoms with Gasteiger partial charge in [-0.2, -0.15) is 0 Å². The molecule has 3 heterocycles. The van der Waals surface area contributed by atoms with Gasteiger partial charge in [0.15, 0.2) is 0 Å². The van der Waals surface area contributed by atoms with Gasteiger partial charge in [-0.25, -0.2) is 0 Å². The second-order valence-corrected chi connectivity index (χ2v) is 12.3. The van der Waals surface area contributed by atoms with Gasteiger partial charge >= 0.3 is 0 Å². The van der Waals surface area contributed by atoms with Crippen molar-refractivity contribution >= 4 is 55.3 Å². The molecule has 0 saturated carbocycles. The average Bonchev–Trinajstić information content (AvgIpc) is 3.69. The molecule has 6 heteroatoms. The summed E-state index contributed by atoms with van der Waals surface area (Å²) in [6, 6.07) is 52.1. The van der Waals surface area contributed by atoms with Crippen LogP contribution in [0.2, 0.25) is 0 Å². The molecule has 0 amide bonds. The first-order chi connectivity index (χ1) is 24.5. The second kappa shape index (κ2) is 14.4. The summed E-state index contributed by atoms with van der Waals surface area (Å²) in [7, 11) is 0. The van der Waals surface area contributed by atoms with Gasteiger partial charge < -0.3 is 21.4 Å². The van der Waals surface area contributed by atoms with Gasteiger partial charge in [-0.15, -0.1) is 0 Å². The zero-order chi connectivity index (χ0) is 34.5. The van der Waals surface area contributed by atoms with Crippen LogP contribution in [0.15, 0.2) is 170 Å². The predicted octanol–water partition coefficient (Wildman–Crippen LogP) is 9.14. The zero-order valence-electron chi connectivity index (χ0n) is 28.0. The number of rotatable bonds is 4. The molecule has 0 fully saturated rings. The SMILES string of the molecule is Cc1ccccc1.N=C(N)c1ccccc1.NCC1C=CC=C(n2c3ccccc3c3ccc4c(c5ccccc5n4-c4ccccc4)c32)N1. The van der Waals surface area contributed by atoms with E-state index < -0.39 is 0 Å². The molecule has 246 valence electrons. The third-order valence-electron chi connectivity index (χ3n) is 8.94. The van der Waals surface area contributed by atoms with E-state index in [1.165, 1.54) is 49.2 Å². The fourth-order valence-electron chi connectivity index (χ4n) is 6.61. The Kier molecular flexibility index (Phi) is 9.27. The van der Waals surface area contributed by atoms with Gasteiger partial charge in [-0.1, -0.05) is 139 Å². The first-order valence-corrected chi connectivity index (χ1v) is 16.8. The number of hydrogen-bond donors (Lipinski definition) is 4. The van der Waals surface area contributed by atoms with Gasteiger partial charge in [0.1, 0.15) is 11.7 Å². The summed E-state index contributed by atoms with van der Waals surface area (Å²) in [5.41, 5.74) is 19.3. The van der Waals surface area contributed by atoms with Gasteiger partial charge in [-0.05, 0) is 43.3 Å². The number of benzene rings is 6.